The third-order valence-electron chi connectivity index (χ3n) is 2.12. The molecule has 0 saturated heterocycles. The molecule has 1 nitrogen and oxygen atoms in total. The second-order valence-electron chi connectivity index (χ2n) is 3.21. The zero-order chi connectivity index (χ0) is 8.97. The number of thiophene rings is 1. The smallest absolute Gasteiger partial charge is 0.0388 e. The van der Waals surface area contributed by atoms with E-state index < -0.39 is 0 Å². The van der Waals surface area contributed by atoms with Crippen LogP contribution in [0, 0.1) is 0 Å². The first-order valence-corrected chi connectivity index (χ1v) is 5.41. The van der Waals surface area contributed by atoms with Gasteiger partial charge in [0.05, 0.1) is 0 Å². The fourth-order valence-corrected chi connectivity index (χ4v) is 1.91. The van der Waals surface area contributed by atoms with Gasteiger partial charge in [-0.1, -0.05) is 13.0 Å². The molecule has 0 amide bonds. The maximum Gasteiger partial charge on any atom is 0.0388 e. The van der Waals surface area contributed by atoms with Crippen molar-refractivity contribution in [3.8, 4) is 0 Å². The van der Waals surface area contributed by atoms with Gasteiger partial charge in [0.1, 0.15) is 0 Å². The van der Waals surface area contributed by atoms with E-state index in [1.807, 2.05) is 11.3 Å². The number of nitrogens with one attached hydrogen (secondary N) is 1. The van der Waals surface area contributed by atoms with Crippen molar-refractivity contribution in [2.75, 3.05) is 0 Å². The summed E-state index contributed by atoms with van der Waals surface area (Å²) in [6.07, 6.45) is 1.19. The maximum absolute atomic E-state index is 3.54. The Morgan fingerprint density at radius 2 is 2.25 bits per heavy atom. The molecule has 0 aliphatic carbocycles. The van der Waals surface area contributed by atoms with E-state index in [0.29, 0.717) is 12.1 Å². The Labute approximate surface area is 78.8 Å². The second kappa shape index (κ2) is 4.63. The largest absolute Gasteiger partial charge is 0.307 e. The quantitative estimate of drug-likeness (QED) is 0.756. The summed E-state index contributed by atoms with van der Waals surface area (Å²) in [4.78, 5) is 1.43. The van der Waals surface area contributed by atoms with Crippen molar-refractivity contribution in [3.05, 3.63) is 22.4 Å². The van der Waals surface area contributed by atoms with Gasteiger partial charge in [0.2, 0.25) is 0 Å². The topological polar surface area (TPSA) is 12.0 Å². The van der Waals surface area contributed by atoms with Crippen molar-refractivity contribution < 1.29 is 0 Å². The highest BCUT2D eigenvalue weighted by atomic mass is 32.1. The zero-order valence-electron chi connectivity index (χ0n) is 8.00. The molecule has 1 rings (SSSR count). The van der Waals surface area contributed by atoms with Gasteiger partial charge in [-0.15, -0.1) is 11.3 Å². The van der Waals surface area contributed by atoms with Gasteiger partial charge in [0, 0.05) is 17.0 Å². The maximum atomic E-state index is 3.54. The van der Waals surface area contributed by atoms with Gasteiger partial charge in [-0.25, -0.2) is 0 Å². The summed E-state index contributed by atoms with van der Waals surface area (Å²) in [5, 5.41) is 5.67. The average Bonchev–Trinajstić information content (AvgIpc) is 2.56. The Hall–Kier alpha value is -0.340. The lowest BCUT2D eigenvalue weighted by atomic mass is 10.2. The first-order valence-electron chi connectivity index (χ1n) is 4.53. The average molecular weight is 183 g/mol. The van der Waals surface area contributed by atoms with Crippen LogP contribution < -0.4 is 5.32 Å². The van der Waals surface area contributed by atoms with Gasteiger partial charge in [-0.05, 0) is 31.7 Å². The van der Waals surface area contributed by atoms with Crippen LogP contribution in [0.1, 0.15) is 38.1 Å². The molecule has 68 valence electrons. The second-order valence-corrected chi connectivity index (χ2v) is 4.19. The SMILES string of the molecule is CC[C@H](C)N[C@@H](C)c1cccs1. The molecule has 12 heavy (non-hydrogen) atoms. The van der Waals surface area contributed by atoms with E-state index in [4.69, 9.17) is 0 Å². The first kappa shape index (κ1) is 9.75. The van der Waals surface area contributed by atoms with Crippen molar-refractivity contribution in [1.82, 2.24) is 5.32 Å². The number of hydrogen-bond acceptors (Lipinski definition) is 2. The molecule has 1 aromatic rings. The highest BCUT2D eigenvalue weighted by Gasteiger charge is 2.07. The summed E-state index contributed by atoms with van der Waals surface area (Å²) in [6.45, 7) is 6.65. The van der Waals surface area contributed by atoms with E-state index in [9.17, 15) is 0 Å². The Balaban J connectivity index is 2.44. The molecule has 1 N–H and O–H groups in total. The fraction of sp³-hybridized carbons (Fsp3) is 0.600. The minimum atomic E-state index is 0.500. The van der Waals surface area contributed by atoms with Crippen molar-refractivity contribution >= 4 is 11.3 Å². The zero-order valence-corrected chi connectivity index (χ0v) is 8.82. The van der Waals surface area contributed by atoms with Crippen LogP contribution in [-0.2, 0) is 0 Å². The van der Waals surface area contributed by atoms with Crippen LogP contribution in [0.2, 0.25) is 0 Å². The molecule has 2 atom stereocenters. The van der Waals surface area contributed by atoms with Gasteiger partial charge in [-0.2, -0.15) is 0 Å². The van der Waals surface area contributed by atoms with E-state index in [0.717, 1.165) is 0 Å². The van der Waals surface area contributed by atoms with Gasteiger partial charge in [-0.3, -0.25) is 0 Å². The minimum absolute atomic E-state index is 0.500. The van der Waals surface area contributed by atoms with Crippen molar-refractivity contribution in [2.45, 2.75) is 39.3 Å². The third-order valence-corrected chi connectivity index (χ3v) is 3.17. The lowest BCUT2D eigenvalue weighted by Crippen LogP contribution is -2.27. The van der Waals surface area contributed by atoms with E-state index >= 15 is 0 Å². The summed E-state index contributed by atoms with van der Waals surface area (Å²) in [5.74, 6) is 0. The van der Waals surface area contributed by atoms with Gasteiger partial charge in [0.25, 0.3) is 0 Å². The molecular formula is C10H17NS. The van der Waals surface area contributed by atoms with Crippen LogP contribution in [0.25, 0.3) is 0 Å². The third kappa shape index (κ3) is 2.61. The Bertz CT molecular complexity index is 206. The molecule has 0 unspecified atom stereocenters. The van der Waals surface area contributed by atoms with E-state index in [1.54, 1.807) is 0 Å². The van der Waals surface area contributed by atoms with Crippen LogP contribution in [0.5, 0.6) is 0 Å². The Morgan fingerprint density at radius 3 is 2.75 bits per heavy atom. The summed E-state index contributed by atoms with van der Waals surface area (Å²) < 4.78 is 0. The van der Waals surface area contributed by atoms with Gasteiger partial charge < -0.3 is 5.32 Å². The summed E-state index contributed by atoms with van der Waals surface area (Å²) in [5.41, 5.74) is 0. The molecule has 0 saturated carbocycles. The van der Waals surface area contributed by atoms with Crippen LogP contribution >= 0.6 is 11.3 Å². The Kier molecular flexibility index (Phi) is 3.76. The standard InChI is InChI=1S/C10H17NS/c1-4-8(2)11-9(3)10-6-5-7-12-10/h5-9,11H,4H2,1-3H3/t8-,9-/m0/s1. The molecule has 1 heterocycles. The molecule has 0 aliphatic heterocycles. The van der Waals surface area contributed by atoms with Gasteiger partial charge >= 0.3 is 0 Å². The summed E-state index contributed by atoms with van der Waals surface area (Å²) in [6, 6.07) is 5.40. The highest BCUT2D eigenvalue weighted by molar-refractivity contribution is 7.10. The van der Waals surface area contributed by atoms with E-state index in [-0.39, 0.29) is 0 Å². The normalized spacial score (nSPS) is 15.9. The van der Waals surface area contributed by atoms with E-state index in [1.165, 1.54) is 11.3 Å². The number of rotatable bonds is 4. The molecule has 0 spiro atoms. The van der Waals surface area contributed by atoms with Crippen LogP contribution in [0.3, 0.4) is 0 Å². The van der Waals surface area contributed by atoms with Crippen LogP contribution in [-0.4, -0.2) is 6.04 Å². The Morgan fingerprint density at radius 1 is 1.50 bits per heavy atom. The van der Waals surface area contributed by atoms with E-state index in [2.05, 4.69) is 43.6 Å². The van der Waals surface area contributed by atoms with Crippen LogP contribution in [0.15, 0.2) is 17.5 Å². The summed E-state index contributed by atoms with van der Waals surface area (Å²) in [7, 11) is 0. The molecule has 0 aliphatic rings. The lowest BCUT2D eigenvalue weighted by Gasteiger charge is -2.17. The van der Waals surface area contributed by atoms with Crippen molar-refractivity contribution in [2.24, 2.45) is 0 Å². The minimum Gasteiger partial charge on any atom is -0.307 e. The molecule has 0 fully saturated rings. The fourth-order valence-electron chi connectivity index (χ4n) is 1.16. The molecule has 0 aromatic carbocycles. The van der Waals surface area contributed by atoms with Crippen LogP contribution in [0.4, 0.5) is 0 Å². The lowest BCUT2D eigenvalue weighted by molar-refractivity contribution is 0.474. The molecule has 1 aromatic heterocycles. The monoisotopic (exact) mass is 183 g/mol. The molecule has 0 radical (unpaired) electrons. The highest BCUT2D eigenvalue weighted by Crippen LogP contribution is 2.18. The van der Waals surface area contributed by atoms with Gasteiger partial charge in [0.15, 0.2) is 0 Å². The molecule has 2 heteroatoms. The van der Waals surface area contributed by atoms with Crippen molar-refractivity contribution in [3.63, 3.8) is 0 Å². The number of hydrogen-bond donors (Lipinski definition) is 1. The molecule has 0 bridgehead atoms. The van der Waals surface area contributed by atoms with Crippen molar-refractivity contribution in [1.29, 1.82) is 0 Å². The predicted octanol–water partition coefficient (Wildman–Crippen LogP) is 3.20. The summed E-state index contributed by atoms with van der Waals surface area (Å²) >= 11 is 1.82. The molecular weight excluding hydrogens is 166 g/mol. The first-order chi connectivity index (χ1) is 5.74. The predicted molar refractivity (Wildman–Crippen MR) is 55.6 cm³/mol.